The molecule has 1 aromatic heterocycles. The third kappa shape index (κ3) is 2.26. The summed E-state index contributed by atoms with van der Waals surface area (Å²) in [6, 6.07) is 6.49. The average Bonchev–Trinajstić information content (AvgIpc) is 2.83. The van der Waals surface area contributed by atoms with Crippen molar-refractivity contribution in [1.82, 2.24) is 15.0 Å². The molecule has 0 amide bonds. The molecule has 21 heavy (non-hydrogen) atoms. The Morgan fingerprint density at radius 2 is 2.19 bits per heavy atom. The summed E-state index contributed by atoms with van der Waals surface area (Å²) in [4.78, 5) is 3.32. The largest absolute Gasteiger partial charge is 0.361 e. The highest BCUT2D eigenvalue weighted by molar-refractivity contribution is 7.87. The summed E-state index contributed by atoms with van der Waals surface area (Å²) >= 11 is 0. The lowest BCUT2D eigenvalue weighted by Crippen LogP contribution is -2.55. The number of hydrogen-bond donors (Lipinski definition) is 4. The zero-order valence-electron chi connectivity index (χ0n) is 11.5. The van der Waals surface area contributed by atoms with Crippen molar-refractivity contribution in [3.05, 3.63) is 35.5 Å². The number of piperidine rings is 1. The van der Waals surface area contributed by atoms with Gasteiger partial charge in [-0.1, -0.05) is 12.1 Å². The molecule has 2 heterocycles. The van der Waals surface area contributed by atoms with Gasteiger partial charge in [-0.3, -0.25) is 0 Å². The minimum atomic E-state index is -3.66. The van der Waals surface area contributed by atoms with Crippen LogP contribution in [0.25, 0.3) is 10.9 Å². The van der Waals surface area contributed by atoms with Crippen LogP contribution < -0.4 is 15.2 Å². The van der Waals surface area contributed by atoms with Crippen molar-refractivity contribution in [3.8, 4) is 0 Å². The second-order valence-electron chi connectivity index (χ2n) is 6.00. The van der Waals surface area contributed by atoms with Crippen molar-refractivity contribution in [3.63, 3.8) is 0 Å². The van der Waals surface area contributed by atoms with Crippen LogP contribution in [0, 0.1) is 0 Å². The quantitative estimate of drug-likeness (QED) is 0.643. The van der Waals surface area contributed by atoms with E-state index in [9.17, 15) is 8.42 Å². The molecule has 2 aromatic rings. The molecule has 112 valence electrons. The highest BCUT2D eigenvalue weighted by Gasteiger charge is 2.36. The van der Waals surface area contributed by atoms with E-state index in [1.54, 1.807) is 0 Å². The van der Waals surface area contributed by atoms with Crippen molar-refractivity contribution in [2.45, 2.75) is 30.8 Å². The Balaban J connectivity index is 1.71. The first-order chi connectivity index (χ1) is 10.0. The maximum absolute atomic E-state index is 11.2. The maximum Gasteiger partial charge on any atom is 0.274 e. The third-order valence-electron chi connectivity index (χ3n) is 4.64. The van der Waals surface area contributed by atoms with E-state index in [1.165, 1.54) is 16.5 Å². The van der Waals surface area contributed by atoms with Gasteiger partial charge in [-0.15, -0.1) is 0 Å². The van der Waals surface area contributed by atoms with E-state index in [4.69, 9.17) is 5.14 Å². The van der Waals surface area contributed by atoms with Gasteiger partial charge in [-0.05, 0) is 30.0 Å². The number of aromatic nitrogens is 1. The van der Waals surface area contributed by atoms with Gasteiger partial charge in [0.2, 0.25) is 0 Å². The van der Waals surface area contributed by atoms with E-state index >= 15 is 0 Å². The van der Waals surface area contributed by atoms with Crippen LogP contribution in [0.2, 0.25) is 0 Å². The fraction of sp³-hybridized carbons (Fsp3) is 0.429. The summed E-state index contributed by atoms with van der Waals surface area (Å²) in [6.45, 7) is 0.618. The Labute approximate surface area is 123 Å². The zero-order valence-corrected chi connectivity index (χ0v) is 12.3. The van der Waals surface area contributed by atoms with Gasteiger partial charge >= 0.3 is 0 Å². The van der Waals surface area contributed by atoms with E-state index in [2.05, 4.69) is 39.4 Å². The molecule has 3 atom stereocenters. The molecule has 0 bridgehead atoms. The fourth-order valence-electron chi connectivity index (χ4n) is 3.86. The molecule has 0 saturated carbocycles. The number of nitrogens with one attached hydrogen (secondary N) is 3. The van der Waals surface area contributed by atoms with E-state index in [0.717, 1.165) is 18.4 Å². The van der Waals surface area contributed by atoms with E-state index in [0.29, 0.717) is 18.5 Å². The first-order valence-electron chi connectivity index (χ1n) is 7.13. The predicted octanol–water partition coefficient (Wildman–Crippen LogP) is 0.331. The Morgan fingerprint density at radius 3 is 3.00 bits per heavy atom. The first kappa shape index (κ1) is 13.3. The normalized spacial score (nSPS) is 28.5. The lowest BCUT2D eigenvalue weighted by Gasteiger charge is -2.40. The molecule has 1 aliphatic heterocycles. The molecule has 1 aromatic carbocycles. The summed E-state index contributed by atoms with van der Waals surface area (Å²) in [5, 5.41) is 9.87. The lowest BCUT2D eigenvalue weighted by atomic mass is 9.75. The number of rotatable bonds is 2. The highest BCUT2D eigenvalue weighted by atomic mass is 32.2. The molecule has 4 rings (SSSR count). The highest BCUT2D eigenvalue weighted by Crippen LogP contribution is 2.40. The van der Waals surface area contributed by atoms with Gasteiger partial charge in [-0.25, -0.2) is 5.14 Å². The van der Waals surface area contributed by atoms with Crippen LogP contribution in [-0.4, -0.2) is 32.0 Å². The van der Waals surface area contributed by atoms with E-state index in [1.807, 2.05) is 0 Å². The number of fused-ring (bicyclic) bond motifs is 2. The van der Waals surface area contributed by atoms with Crippen molar-refractivity contribution in [1.29, 1.82) is 0 Å². The van der Waals surface area contributed by atoms with E-state index < -0.39 is 10.2 Å². The molecular formula is C14H18N4O2S. The number of aromatic amines is 1. The molecule has 1 unspecified atom stereocenters. The lowest BCUT2D eigenvalue weighted by molar-refractivity contribution is 0.304. The van der Waals surface area contributed by atoms with E-state index in [-0.39, 0.29) is 6.04 Å². The van der Waals surface area contributed by atoms with Crippen molar-refractivity contribution >= 4 is 21.1 Å². The fourth-order valence-corrected chi connectivity index (χ4v) is 4.51. The van der Waals surface area contributed by atoms with Gasteiger partial charge < -0.3 is 10.3 Å². The number of nitrogens with two attached hydrogens (primary N) is 1. The topological polar surface area (TPSA) is 100 Å². The van der Waals surface area contributed by atoms with Gasteiger partial charge in [0.1, 0.15) is 0 Å². The molecule has 0 spiro atoms. The first-order valence-corrected chi connectivity index (χ1v) is 8.68. The zero-order chi connectivity index (χ0) is 14.6. The maximum atomic E-state index is 11.2. The summed E-state index contributed by atoms with van der Waals surface area (Å²) in [6.07, 6.45) is 3.84. The molecule has 0 radical (unpaired) electrons. The smallest absolute Gasteiger partial charge is 0.274 e. The van der Waals surface area contributed by atoms with Crippen LogP contribution in [0.1, 0.15) is 23.5 Å². The Morgan fingerprint density at radius 1 is 1.33 bits per heavy atom. The SMILES string of the molecule is NS(=O)(=O)NC1CN[C@@H]2Cc3c[nH]c4cccc(c34)[C@H]2C1. The average molecular weight is 306 g/mol. The second kappa shape index (κ2) is 4.54. The van der Waals surface area contributed by atoms with Crippen molar-refractivity contribution in [2.24, 2.45) is 5.14 Å². The number of benzene rings is 1. The van der Waals surface area contributed by atoms with Gasteiger partial charge in [0, 0.05) is 41.6 Å². The van der Waals surface area contributed by atoms with Gasteiger partial charge in [0.25, 0.3) is 10.2 Å². The molecule has 2 aliphatic rings. The van der Waals surface area contributed by atoms with Crippen LogP contribution in [0.5, 0.6) is 0 Å². The molecule has 1 fully saturated rings. The minimum absolute atomic E-state index is 0.156. The molecule has 6 nitrogen and oxygen atoms in total. The second-order valence-corrected chi connectivity index (χ2v) is 7.33. The van der Waals surface area contributed by atoms with Crippen molar-refractivity contribution in [2.75, 3.05) is 6.54 Å². The van der Waals surface area contributed by atoms with Crippen LogP contribution in [0.15, 0.2) is 24.4 Å². The Hall–Kier alpha value is -1.41. The standard InChI is InChI=1S/C14H18N4O2S/c15-21(19,20)18-9-5-11-10-2-1-3-12-14(10)8(6-16-12)4-13(11)17-7-9/h1-3,6,9,11,13,16-18H,4-5,7H2,(H2,15,19,20)/t9?,11-,13-/m1/s1. The summed E-state index contributed by atoms with van der Waals surface area (Å²) in [7, 11) is -3.66. The molecule has 7 heteroatoms. The molecule has 1 aliphatic carbocycles. The van der Waals surface area contributed by atoms with Crippen LogP contribution in [0.4, 0.5) is 0 Å². The van der Waals surface area contributed by atoms with Gasteiger partial charge in [0.15, 0.2) is 0 Å². The third-order valence-corrected chi connectivity index (χ3v) is 5.30. The van der Waals surface area contributed by atoms with Crippen LogP contribution >= 0.6 is 0 Å². The van der Waals surface area contributed by atoms with Crippen molar-refractivity contribution < 1.29 is 8.42 Å². The Bertz CT molecular complexity index is 798. The predicted molar refractivity (Wildman–Crippen MR) is 81.2 cm³/mol. The van der Waals surface area contributed by atoms with Crippen LogP contribution in [0.3, 0.4) is 0 Å². The molecule has 5 N–H and O–H groups in total. The number of H-pyrrole nitrogens is 1. The number of hydrogen-bond acceptors (Lipinski definition) is 3. The molecular weight excluding hydrogens is 288 g/mol. The summed E-state index contributed by atoms with van der Waals surface area (Å²) in [5.74, 6) is 0.310. The van der Waals surface area contributed by atoms with Gasteiger partial charge in [0.05, 0.1) is 0 Å². The summed E-state index contributed by atoms with van der Waals surface area (Å²) < 4.78 is 25.0. The monoisotopic (exact) mass is 306 g/mol. The Kier molecular flexibility index (Phi) is 2.87. The van der Waals surface area contributed by atoms with Gasteiger partial charge in [-0.2, -0.15) is 13.1 Å². The van der Waals surface area contributed by atoms with Crippen LogP contribution in [-0.2, 0) is 16.6 Å². The summed E-state index contributed by atoms with van der Waals surface area (Å²) in [5.41, 5.74) is 3.79. The minimum Gasteiger partial charge on any atom is -0.361 e. The molecule has 1 saturated heterocycles.